The molecule has 15 nitrogen and oxygen atoms in total. The Morgan fingerprint density at radius 3 is 0.594 bits per heavy atom. The van der Waals surface area contributed by atoms with Gasteiger partial charge in [-0.25, -0.2) is 14.4 Å². The number of carbonyl (C=O) groups excluding carboxylic acids is 3. The average molecular weight is 616 g/mol. The Hall–Kier alpha value is -1.96. The van der Waals surface area contributed by atoms with Crippen LogP contribution >= 0.6 is 0 Å². The Labute approximate surface area is 229 Å². The number of hydrogen-bond acceptors (Lipinski definition) is 9. The van der Waals surface area contributed by atoms with Crippen LogP contribution in [-0.2, 0) is 109 Å². The van der Waals surface area contributed by atoms with Crippen molar-refractivity contribution in [3.8, 4) is 0 Å². The first-order valence-corrected chi connectivity index (χ1v) is 7.55. The van der Waals surface area contributed by atoms with Gasteiger partial charge in [0.2, 0.25) is 17.3 Å². The molecule has 0 spiro atoms. The minimum Gasteiger partial charge on any atom is -0.481 e. The first-order chi connectivity index (χ1) is 13.6. The Balaban J connectivity index is -0.000000110. The summed E-state index contributed by atoms with van der Waals surface area (Å²) in [4.78, 5) is 89.2. The molecule has 0 aliphatic rings. The summed E-state index contributed by atoms with van der Waals surface area (Å²) in [5, 5.41) is 47.9. The minimum absolute atomic E-state index is 0. The molecule has 0 saturated heterocycles. The van der Waals surface area contributed by atoms with Crippen LogP contribution in [0.15, 0.2) is 0 Å². The molecule has 0 aliphatic carbocycles. The van der Waals surface area contributed by atoms with E-state index >= 15 is 0 Å². The quantitative estimate of drug-likeness (QED) is 0.136. The van der Waals surface area contributed by atoms with Crippen molar-refractivity contribution in [2.24, 2.45) is 0 Å². The predicted octanol–water partition coefficient (Wildman–Crippen LogP) is -1.49. The summed E-state index contributed by atoms with van der Waals surface area (Å²) in [5.74, 6) is -11.5. The molecule has 0 saturated carbocycles. The van der Waals surface area contributed by atoms with Crippen LogP contribution in [0.3, 0.4) is 0 Å². The molecule has 0 aromatic rings. The Morgan fingerprint density at radius 1 is 0.344 bits per heavy atom. The van der Waals surface area contributed by atoms with E-state index in [1.54, 1.807) is 0 Å². The van der Waals surface area contributed by atoms with Crippen LogP contribution in [0.2, 0.25) is 0 Å². The largest absolute Gasteiger partial charge is 0.481 e. The molecule has 0 aliphatic heterocycles. The van der Waals surface area contributed by atoms with E-state index in [9.17, 15) is 43.2 Å². The number of carboxylic acids is 6. The van der Waals surface area contributed by atoms with Gasteiger partial charge < -0.3 is 30.6 Å². The van der Waals surface area contributed by atoms with Gasteiger partial charge in [-0.1, -0.05) is 0 Å². The van der Waals surface area contributed by atoms with Crippen molar-refractivity contribution in [3.05, 3.63) is 0 Å². The van der Waals surface area contributed by atoms with Crippen LogP contribution in [0.4, 0.5) is 0 Å². The SMILES string of the molecule is O=C(O)CCC(=O)C(=O)O.O=C(O)CCC(=O)C(=O)O.O=C(O)CCC(=O)C(=O)O.[Y].[Y]. The topological polar surface area (TPSA) is 275 Å². The second-order valence-electron chi connectivity index (χ2n) is 4.87. The minimum atomic E-state index is -1.58. The third-order valence-electron chi connectivity index (χ3n) is 2.41. The van der Waals surface area contributed by atoms with Gasteiger partial charge in [-0.2, -0.15) is 0 Å². The molecule has 0 aromatic carbocycles. The molecule has 0 bridgehead atoms. The summed E-state index contributed by atoms with van der Waals surface area (Å²) in [7, 11) is 0. The van der Waals surface area contributed by atoms with E-state index in [-0.39, 0.29) is 65.4 Å². The number of hydrogen-bond donors (Lipinski definition) is 6. The second-order valence-corrected chi connectivity index (χ2v) is 4.87. The van der Waals surface area contributed by atoms with Gasteiger partial charge >= 0.3 is 35.8 Å². The normalized spacial score (nSPS) is 8.25. The number of ketones is 3. The van der Waals surface area contributed by atoms with Crippen LogP contribution in [0, 0.1) is 0 Å². The van der Waals surface area contributed by atoms with E-state index in [0.717, 1.165) is 0 Å². The second kappa shape index (κ2) is 23.7. The average Bonchev–Trinajstić information content (AvgIpc) is 2.62. The molecular weight excluding hydrogens is 598 g/mol. The number of rotatable bonds is 12. The molecule has 0 heterocycles. The van der Waals surface area contributed by atoms with Crippen molar-refractivity contribution < 1.29 is 139 Å². The van der Waals surface area contributed by atoms with Crippen LogP contribution in [0.5, 0.6) is 0 Å². The maximum Gasteiger partial charge on any atom is 0.372 e. The zero-order valence-corrected chi connectivity index (χ0v) is 21.9. The van der Waals surface area contributed by atoms with Gasteiger partial charge in [-0.05, 0) is 0 Å². The molecule has 0 rings (SSSR count). The van der Waals surface area contributed by atoms with E-state index < -0.39 is 91.7 Å². The number of aliphatic carboxylic acids is 6. The predicted molar refractivity (Wildman–Crippen MR) is 88.5 cm³/mol. The van der Waals surface area contributed by atoms with E-state index in [4.69, 9.17) is 30.6 Å². The van der Waals surface area contributed by atoms with Gasteiger partial charge in [-0.15, -0.1) is 0 Å². The molecule has 0 aromatic heterocycles. The fourth-order valence-corrected chi connectivity index (χ4v) is 0.982. The maximum absolute atomic E-state index is 10.2. The first kappa shape index (κ1) is 40.4. The van der Waals surface area contributed by atoms with Crippen molar-refractivity contribution in [1.82, 2.24) is 0 Å². The Bertz CT molecular complexity index is 619. The first-order valence-electron chi connectivity index (χ1n) is 7.55. The van der Waals surface area contributed by atoms with Crippen LogP contribution in [-0.4, -0.2) is 83.8 Å². The molecule has 0 amide bonds. The summed E-state index contributed by atoms with van der Waals surface area (Å²) in [5.41, 5.74) is 0. The molecule has 2 radical (unpaired) electrons. The monoisotopic (exact) mass is 616 g/mol. The van der Waals surface area contributed by atoms with Gasteiger partial charge in [0.1, 0.15) is 0 Å². The fourth-order valence-electron chi connectivity index (χ4n) is 0.982. The van der Waals surface area contributed by atoms with Crippen LogP contribution in [0.1, 0.15) is 38.5 Å². The molecule has 174 valence electrons. The molecular formula is C15H18O15Y2. The Kier molecular flexibility index (Phi) is 29.9. The van der Waals surface area contributed by atoms with Crippen molar-refractivity contribution in [2.75, 3.05) is 0 Å². The van der Waals surface area contributed by atoms with Crippen molar-refractivity contribution in [1.29, 1.82) is 0 Å². The van der Waals surface area contributed by atoms with Crippen molar-refractivity contribution in [2.45, 2.75) is 38.5 Å². The zero-order chi connectivity index (χ0) is 24.4. The summed E-state index contributed by atoms with van der Waals surface area (Å²) < 4.78 is 0. The van der Waals surface area contributed by atoms with E-state index in [0.29, 0.717) is 0 Å². The molecule has 0 atom stereocenters. The molecule has 17 heteroatoms. The van der Waals surface area contributed by atoms with Gasteiger partial charge in [-0.3, -0.25) is 28.8 Å². The third-order valence-corrected chi connectivity index (χ3v) is 2.41. The zero-order valence-electron chi connectivity index (χ0n) is 16.3. The maximum atomic E-state index is 10.2. The summed E-state index contributed by atoms with van der Waals surface area (Å²) >= 11 is 0. The van der Waals surface area contributed by atoms with Crippen molar-refractivity contribution in [3.63, 3.8) is 0 Å². The van der Waals surface area contributed by atoms with Crippen LogP contribution < -0.4 is 0 Å². The van der Waals surface area contributed by atoms with E-state index in [1.165, 1.54) is 0 Å². The summed E-state index contributed by atoms with van der Waals surface area (Å²) in [6.07, 6.45) is -2.60. The standard InChI is InChI=1S/3C5H6O5.2Y/c3*6-3(5(9)10)1-2-4(7)8;;/h3*1-2H2,(H,7,8)(H,9,10);;. The fraction of sp³-hybridized carbons (Fsp3) is 0.400. The number of carbonyl (C=O) groups is 9. The van der Waals surface area contributed by atoms with E-state index in [2.05, 4.69) is 0 Å². The van der Waals surface area contributed by atoms with Gasteiger partial charge in [0.15, 0.2) is 0 Å². The van der Waals surface area contributed by atoms with Gasteiger partial charge in [0.05, 0.1) is 19.3 Å². The number of carboxylic acid groups (broad SMARTS) is 6. The van der Waals surface area contributed by atoms with Gasteiger partial charge in [0.25, 0.3) is 0 Å². The van der Waals surface area contributed by atoms with E-state index in [1.807, 2.05) is 0 Å². The summed E-state index contributed by atoms with van der Waals surface area (Å²) in [6.45, 7) is 0. The van der Waals surface area contributed by atoms with Gasteiger partial charge in [0, 0.05) is 84.7 Å². The summed E-state index contributed by atoms with van der Waals surface area (Å²) in [6, 6.07) is 0. The third kappa shape index (κ3) is 32.7. The molecule has 0 unspecified atom stereocenters. The van der Waals surface area contributed by atoms with Crippen LogP contribution in [0.25, 0.3) is 0 Å². The number of Topliss-reactive ketones (excluding diaryl/α,β-unsaturated/α-hetero) is 3. The molecule has 0 fully saturated rings. The Morgan fingerprint density at radius 2 is 0.500 bits per heavy atom. The molecule has 6 N–H and O–H groups in total. The smallest absolute Gasteiger partial charge is 0.372 e. The van der Waals surface area contributed by atoms with Crippen molar-refractivity contribution >= 4 is 53.2 Å². The molecule has 32 heavy (non-hydrogen) atoms.